The second kappa shape index (κ2) is 5.36. The molecule has 1 saturated carbocycles. The van der Waals surface area contributed by atoms with E-state index in [2.05, 4.69) is 14.9 Å². The lowest BCUT2D eigenvalue weighted by Gasteiger charge is -2.34. The molecular weight excluding hydrogens is 256 g/mol. The van der Waals surface area contributed by atoms with Crippen LogP contribution in [0.25, 0.3) is 0 Å². The van der Waals surface area contributed by atoms with E-state index >= 15 is 0 Å². The summed E-state index contributed by atoms with van der Waals surface area (Å²) in [4.78, 5) is 22.2. The van der Waals surface area contributed by atoms with Crippen molar-refractivity contribution in [2.75, 3.05) is 18.0 Å². The summed E-state index contributed by atoms with van der Waals surface area (Å²) < 4.78 is 0. The standard InChI is InChI=1S/C14H20N4O2/c15-13(20)12(19)9-4-7-18(8-5-9)11-3-6-16-14(17-11)10-1-2-10/h3,6,9-10,12,19H,1-2,4-5,7-8H2,(H2,15,20). The van der Waals surface area contributed by atoms with Crippen molar-refractivity contribution in [3.05, 3.63) is 18.1 Å². The number of hydrogen-bond acceptors (Lipinski definition) is 5. The van der Waals surface area contributed by atoms with E-state index in [4.69, 9.17) is 5.73 Å². The maximum absolute atomic E-state index is 11.0. The third-order valence-electron chi connectivity index (χ3n) is 4.20. The first kappa shape index (κ1) is 13.3. The highest BCUT2D eigenvalue weighted by atomic mass is 16.3. The lowest BCUT2D eigenvalue weighted by atomic mass is 9.91. The van der Waals surface area contributed by atoms with Crippen LogP contribution < -0.4 is 10.6 Å². The van der Waals surface area contributed by atoms with Crippen LogP contribution in [-0.4, -0.2) is 40.2 Å². The molecule has 1 amide bonds. The number of amides is 1. The first-order valence-corrected chi connectivity index (χ1v) is 7.20. The fraction of sp³-hybridized carbons (Fsp3) is 0.643. The Hall–Kier alpha value is -1.69. The molecule has 1 aromatic rings. The number of carbonyl (C=O) groups excluding carboxylic acids is 1. The molecule has 6 heteroatoms. The molecule has 3 N–H and O–H groups in total. The van der Waals surface area contributed by atoms with Crippen LogP contribution in [0.1, 0.15) is 37.4 Å². The van der Waals surface area contributed by atoms with Crippen LogP contribution in [-0.2, 0) is 4.79 Å². The summed E-state index contributed by atoms with van der Waals surface area (Å²) in [5, 5.41) is 9.71. The molecule has 1 aliphatic carbocycles. The Bertz CT molecular complexity index is 496. The van der Waals surface area contributed by atoms with Gasteiger partial charge in [0.05, 0.1) is 0 Å². The highest BCUT2D eigenvalue weighted by Gasteiger charge is 2.30. The molecule has 108 valence electrons. The minimum absolute atomic E-state index is 0.0338. The van der Waals surface area contributed by atoms with Gasteiger partial charge in [-0.3, -0.25) is 4.79 Å². The minimum Gasteiger partial charge on any atom is -0.383 e. The second-order valence-electron chi connectivity index (χ2n) is 5.72. The van der Waals surface area contributed by atoms with Crippen molar-refractivity contribution in [1.29, 1.82) is 0 Å². The van der Waals surface area contributed by atoms with Crippen molar-refractivity contribution >= 4 is 11.7 Å². The molecule has 2 fully saturated rings. The third kappa shape index (κ3) is 2.75. The molecule has 1 unspecified atom stereocenters. The smallest absolute Gasteiger partial charge is 0.246 e. The second-order valence-corrected chi connectivity index (χ2v) is 5.72. The van der Waals surface area contributed by atoms with Gasteiger partial charge in [-0.1, -0.05) is 0 Å². The molecule has 0 aromatic carbocycles. The fourth-order valence-electron chi connectivity index (χ4n) is 2.75. The summed E-state index contributed by atoms with van der Waals surface area (Å²) >= 11 is 0. The largest absolute Gasteiger partial charge is 0.383 e. The molecule has 0 radical (unpaired) electrons. The monoisotopic (exact) mass is 276 g/mol. The molecule has 2 aliphatic rings. The maximum Gasteiger partial charge on any atom is 0.246 e. The van der Waals surface area contributed by atoms with E-state index in [1.54, 1.807) is 0 Å². The molecule has 1 saturated heterocycles. The Morgan fingerprint density at radius 2 is 2.05 bits per heavy atom. The summed E-state index contributed by atoms with van der Waals surface area (Å²) in [5.74, 6) is 1.79. The van der Waals surface area contributed by atoms with Crippen molar-refractivity contribution in [1.82, 2.24) is 9.97 Å². The summed E-state index contributed by atoms with van der Waals surface area (Å²) in [6.45, 7) is 1.58. The molecule has 0 spiro atoms. The van der Waals surface area contributed by atoms with Crippen LogP contribution in [0.2, 0.25) is 0 Å². The summed E-state index contributed by atoms with van der Waals surface area (Å²) in [6, 6.07) is 1.93. The SMILES string of the molecule is NC(=O)C(O)C1CCN(c2ccnc(C3CC3)n2)CC1. The van der Waals surface area contributed by atoms with Crippen LogP contribution >= 0.6 is 0 Å². The maximum atomic E-state index is 11.0. The third-order valence-corrected chi connectivity index (χ3v) is 4.20. The summed E-state index contributed by atoms with van der Waals surface area (Å²) in [6.07, 6.45) is 4.69. The number of primary amides is 1. The molecule has 1 aromatic heterocycles. The zero-order valence-electron chi connectivity index (χ0n) is 11.4. The number of anilines is 1. The van der Waals surface area contributed by atoms with Gasteiger partial charge in [-0.15, -0.1) is 0 Å². The van der Waals surface area contributed by atoms with Crippen LogP contribution in [0.3, 0.4) is 0 Å². The molecular formula is C14H20N4O2. The summed E-state index contributed by atoms with van der Waals surface area (Å²) in [5.41, 5.74) is 5.15. The highest BCUT2D eigenvalue weighted by Crippen LogP contribution is 2.38. The van der Waals surface area contributed by atoms with E-state index < -0.39 is 12.0 Å². The van der Waals surface area contributed by atoms with Gasteiger partial charge >= 0.3 is 0 Å². The van der Waals surface area contributed by atoms with Gasteiger partial charge in [-0.25, -0.2) is 9.97 Å². The predicted octanol–water partition coefficient (Wildman–Crippen LogP) is 0.417. The highest BCUT2D eigenvalue weighted by molar-refractivity contribution is 5.78. The van der Waals surface area contributed by atoms with E-state index in [0.29, 0.717) is 5.92 Å². The minimum atomic E-state index is -1.02. The van der Waals surface area contributed by atoms with E-state index in [9.17, 15) is 9.90 Å². The Morgan fingerprint density at radius 3 is 2.65 bits per heavy atom. The number of aromatic nitrogens is 2. The van der Waals surface area contributed by atoms with Gasteiger partial charge in [0, 0.05) is 25.2 Å². The Labute approximate surface area is 118 Å². The van der Waals surface area contributed by atoms with Gasteiger partial charge in [-0.2, -0.15) is 0 Å². The number of rotatable bonds is 4. The average Bonchev–Trinajstić information content (AvgIpc) is 3.31. The molecule has 0 bridgehead atoms. The quantitative estimate of drug-likeness (QED) is 0.831. The Balaban J connectivity index is 1.63. The molecule has 1 aliphatic heterocycles. The van der Waals surface area contributed by atoms with Crippen molar-refractivity contribution < 1.29 is 9.90 Å². The zero-order valence-corrected chi connectivity index (χ0v) is 11.4. The summed E-state index contributed by atoms with van der Waals surface area (Å²) in [7, 11) is 0. The lowest BCUT2D eigenvalue weighted by Crippen LogP contribution is -2.43. The molecule has 2 heterocycles. The van der Waals surface area contributed by atoms with E-state index in [1.165, 1.54) is 12.8 Å². The van der Waals surface area contributed by atoms with Gasteiger partial charge in [0.25, 0.3) is 0 Å². The number of hydrogen-bond donors (Lipinski definition) is 2. The van der Waals surface area contributed by atoms with Crippen LogP contribution in [0, 0.1) is 5.92 Å². The average molecular weight is 276 g/mol. The van der Waals surface area contributed by atoms with Gasteiger partial charge in [0.15, 0.2) is 0 Å². The number of piperidine rings is 1. The Kier molecular flexibility index (Phi) is 3.56. The molecule has 3 rings (SSSR count). The van der Waals surface area contributed by atoms with Crippen molar-refractivity contribution in [2.45, 2.75) is 37.7 Å². The Morgan fingerprint density at radius 1 is 1.35 bits per heavy atom. The topological polar surface area (TPSA) is 92.3 Å². The number of aliphatic hydroxyl groups is 1. The van der Waals surface area contributed by atoms with Gasteiger partial charge in [0.1, 0.15) is 17.7 Å². The van der Waals surface area contributed by atoms with Gasteiger partial charge < -0.3 is 15.7 Å². The predicted molar refractivity (Wildman–Crippen MR) is 74.1 cm³/mol. The van der Waals surface area contributed by atoms with E-state index in [0.717, 1.165) is 37.6 Å². The number of nitrogens with zero attached hydrogens (tertiary/aromatic N) is 3. The van der Waals surface area contributed by atoms with Crippen molar-refractivity contribution in [2.24, 2.45) is 11.7 Å². The first-order chi connectivity index (χ1) is 9.65. The van der Waals surface area contributed by atoms with Crippen LogP contribution in [0.5, 0.6) is 0 Å². The van der Waals surface area contributed by atoms with E-state index in [1.807, 2.05) is 12.3 Å². The number of carbonyl (C=O) groups is 1. The zero-order chi connectivity index (χ0) is 14.1. The van der Waals surface area contributed by atoms with Gasteiger partial charge in [0.2, 0.25) is 5.91 Å². The lowest BCUT2D eigenvalue weighted by molar-refractivity contribution is -0.129. The molecule has 20 heavy (non-hydrogen) atoms. The van der Waals surface area contributed by atoms with Crippen LogP contribution in [0.15, 0.2) is 12.3 Å². The first-order valence-electron chi connectivity index (χ1n) is 7.20. The van der Waals surface area contributed by atoms with Gasteiger partial charge in [-0.05, 0) is 37.7 Å². The molecule has 1 atom stereocenters. The fourth-order valence-corrected chi connectivity index (χ4v) is 2.75. The van der Waals surface area contributed by atoms with Crippen molar-refractivity contribution in [3.63, 3.8) is 0 Å². The van der Waals surface area contributed by atoms with Crippen molar-refractivity contribution in [3.8, 4) is 0 Å². The molecule has 6 nitrogen and oxygen atoms in total. The number of nitrogens with two attached hydrogens (primary N) is 1. The normalized spacial score (nSPS) is 21.8. The van der Waals surface area contributed by atoms with Crippen LogP contribution in [0.4, 0.5) is 5.82 Å². The van der Waals surface area contributed by atoms with E-state index in [-0.39, 0.29) is 5.92 Å². The number of aliphatic hydroxyl groups excluding tert-OH is 1.